The molecule has 24 heavy (non-hydrogen) atoms. The summed E-state index contributed by atoms with van der Waals surface area (Å²) in [6.07, 6.45) is 1.39. The van der Waals surface area contributed by atoms with E-state index in [-0.39, 0.29) is 29.3 Å². The maximum absolute atomic E-state index is 12.2. The van der Waals surface area contributed by atoms with Crippen molar-refractivity contribution in [3.8, 4) is 0 Å². The Morgan fingerprint density at radius 3 is 2.75 bits per heavy atom. The average molecular weight is 371 g/mol. The molecular weight excluding hydrogens is 350 g/mol. The number of hydrogen-bond acceptors (Lipinski definition) is 6. The van der Waals surface area contributed by atoms with Crippen LogP contribution in [-0.4, -0.2) is 50.2 Å². The van der Waals surface area contributed by atoms with Gasteiger partial charge in [-0.15, -0.1) is 11.8 Å². The molecule has 1 saturated heterocycles. The number of carbonyl (C=O) groups is 2. The summed E-state index contributed by atoms with van der Waals surface area (Å²) >= 11 is 1.38. The van der Waals surface area contributed by atoms with Crippen molar-refractivity contribution in [2.24, 2.45) is 0 Å². The predicted molar refractivity (Wildman–Crippen MR) is 92.9 cm³/mol. The van der Waals surface area contributed by atoms with E-state index in [2.05, 4.69) is 5.32 Å². The van der Waals surface area contributed by atoms with Gasteiger partial charge >= 0.3 is 5.97 Å². The van der Waals surface area contributed by atoms with Crippen molar-refractivity contribution in [1.82, 2.24) is 5.32 Å². The Labute approximate surface area is 146 Å². The maximum Gasteiger partial charge on any atom is 0.339 e. The van der Waals surface area contributed by atoms with Gasteiger partial charge in [-0.3, -0.25) is 4.79 Å². The van der Waals surface area contributed by atoms with E-state index < -0.39 is 15.8 Å². The number of thioether (sulfide) groups is 1. The topological polar surface area (TPSA) is 89.5 Å². The van der Waals surface area contributed by atoms with Crippen LogP contribution in [0.2, 0.25) is 0 Å². The fourth-order valence-corrected chi connectivity index (χ4v) is 5.91. The number of rotatable bonds is 7. The monoisotopic (exact) mass is 371 g/mol. The first kappa shape index (κ1) is 18.8. The highest BCUT2D eigenvalue weighted by Gasteiger charge is 2.29. The van der Waals surface area contributed by atoms with Crippen molar-refractivity contribution >= 4 is 33.5 Å². The molecule has 1 aromatic rings. The lowest BCUT2D eigenvalue weighted by molar-refractivity contribution is -0.124. The number of ether oxygens (including phenoxy) is 1. The molecule has 0 unspecified atom stereocenters. The first-order chi connectivity index (χ1) is 11.4. The van der Waals surface area contributed by atoms with Gasteiger partial charge in [0, 0.05) is 16.7 Å². The highest BCUT2D eigenvalue weighted by Crippen LogP contribution is 2.33. The van der Waals surface area contributed by atoms with Gasteiger partial charge in [-0.05, 0) is 25.0 Å². The van der Waals surface area contributed by atoms with Crippen molar-refractivity contribution in [2.45, 2.75) is 29.9 Å². The van der Waals surface area contributed by atoms with Gasteiger partial charge in [0.2, 0.25) is 0 Å². The zero-order valence-corrected chi connectivity index (χ0v) is 15.1. The van der Waals surface area contributed by atoms with Crippen LogP contribution < -0.4 is 5.32 Å². The van der Waals surface area contributed by atoms with Gasteiger partial charge in [0.15, 0.2) is 16.4 Å². The molecular formula is C16H21NO5S2. The third-order valence-corrected chi connectivity index (χ3v) is 6.82. The molecule has 1 atom stereocenters. The Bertz CT molecular complexity index is 702. The van der Waals surface area contributed by atoms with Crippen molar-refractivity contribution < 1.29 is 22.7 Å². The number of carbonyl (C=O) groups excluding carboxylic acids is 2. The molecule has 1 aliphatic heterocycles. The van der Waals surface area contributed by atoms with Crippen molar-refractivity contribution in [2.75, 3.05) is 24.7 Å². The summed E-state index contributed by atoms with van der Waals surface area (Å²) in [6, 6.07) is 6.89. The Balaban J connectivity index is 1.97. The maximum atomic E-state index is 12.2. The quantitative estimate of drug-likeness (QED) is 0.733. The van der Waals surface area contributed by atoms with Crippen molar-refractivity contribution in [3.05, 3.63) is 29.8 Å². The fraction of sp³-hybridized carbons (Fsp3) is 0.500. The lowest BCUT2D eigenvalue weighted by atomic mass is 10.2. The molecule has 0 aromatic heterocycles. The molecule has 6 nitrogen and oxygen atoms in total. The van der Waals surface area contributed by atoms with Gasteiger partial charge in [0.1, 0.15) is 0 Å². The minimum atomic E-state index is -2.97. The second-order valence-electron chi connectivity index (χ2n) is 5.57. The summed E-state index contributed by atoms with van der Waals surface area (Å²) in [4.78, 5) is 24.4. The molecule has 1 heterocycles. The molecule has 2 rings (SSSR count). The molecule has 0 spiro atoms. The van der Waals surface area contributed by atoms with Crippen LogP contribution in [0.25, 0.3) is 0 Å². The van der Waals surface area contributed by atoms with E-state index in [1.54, 1.807) is 24.3 Å². The van der Waals surface area contributed by atoms with Crippen LogP contribution in [0, 0.1) is 0 Å². The predicted octanol–water partition coefficient (Wildman–Crippen LogP) is 1.65. The van der Waals surface area contributed by atoms with Gasteiger partial charge < -0.3 is 10.1 Å². The average Bonchev–Trinajstić information content (AvgIpc) is 2.89. The van der Waals surface area contributed by atoms with Crippen LogP contribution in [-0.2, 0) is 19.4 Å². The van der Waals surface area contributed by atoms with E-state index in [4.69, 9.17) is 4.74 Å². The summed E-state index contributed by atoms with van der Waals surface area (Å²) in [6.45, 7) is 2.15. The summed E-state index contributed by atoms with van der Waals surface area (Å²) < 4.78 is 28.2. The van der Waals surface area contributed by atoms with Crippen molar-refractivity contribution in [1.29, 1.82) is 0 Å². The highest BCUT2D eigenvalue weighted by atomic mass is 32.2. The standard InChI is InChI=1S/C16H21NO5S2/c1-2-8-17-15(18)10-22-16(19)13-5-3-4-6-14(13)23-12-7-9-24(20,21)11-12/h3-6,12H,2,7-11H2,1H3,(H,17,18)/t12-/m0/s1. The number of benzene rings is 1. The normalized spacial score (nSPS) is 19.0. The Kier molecular flexibility index (Phi) is 6.68. The first-order valence-corrected chi connectivity index (χ1v) is 10.5. The van der Waals surface area contributed by atoms with E-state index in [0.717, 1.165) is 6.42 Å². The molecule has 0 bridgehead atoms. The van der Waals surface area contributed by atoms with Crippen LogP contribution >= 0.6 is 11.8 Å². The van der Waals surface area contributed by atoms with Gasteiger partial charge in [-0.1, -0.05) is 19.1 Å². The minimum Gasteiger partial charge on any atom is -0.452 e. The number of hydrogen-bond donors (Lipinski definition) is 1. The number of esters is 1. The van der Waals surface area contributed by atoms with Gasteiger partial charge in [-0.25, -0.2) is 13.2 Å². The first-order valence-electron chi connectivity index (χ1n) is 7.81. The second kappa shape index (κ2) is 8.53. The lowest BCUT2D eigenvalue weighted by Gasteiger charge is -2.12. The summed E-state index contributed by atoms with van der Waals surface area (Å²) in [5.74, 6) is -0.599. The van der Waals surface area contributed by atoms with Crippen LogP contribution in [0.4, 0.5) is 0 Å². The van der Waals surface area contributed by atoms with E-state index in [1.165, 1.54) is 11.8 Å². The smallest absolute Gasteiger partial charge is 0.339 e. The van der Waals surface area contributed by atoms with Crippen LogP contribution in [0.15, 0.2) is 29.2 Å². The molecule has 1 aromatic carbocycles. The minimum absolute atomic E-state index is 0.0585. The third kappa shape index (κ3) is 5.52. The molecule has 132 valence electrons. The van der Waals surface area contributed by atoms with E-state index in [0.29, 0.717) is 23.4 Å². The van der Waals surface area contributed by atoms with Crippen LogP contribution in [0.1, 0.15) is 30.1 Å². The number of nitrogens with one attached hydrogen (secondary N) is 1. The Morgan fingerprint density at radius 1 is 1.33 bits per heavy atom. The SMILES string of the molecule is CCCNC(=O)COC(=O)c1ccccc1S[C@H]1CCS(=O)(=O)C1. The van der Waals surface area contributed by atoms with Crippen LogP contribution in [0.3, 0.4) is 0 Å². The zero-order chi connectivity index (χ0) is 17.6. The Morgan fingerprint density at radius 2 is 2.08 bits per heavy atom. The number of sulfone groups is 1. The Hall–Kier alpha value is -1.54. The molecule has 0 saturated carbocycles. The van der Waals surface area contributed by atoms with Gasteiger partial charge in [0.05, 0.1) is 17.1 Å². The fourth-order valence-electron chi connectivity index (χ4n) is 2.30. The summed E-state index contributed by atoms with van der Waals surface area (Å²) in [5.41, 5.74) is 0.357. The molecule has 1 aliphatic rings. The number of amides is 1. The lowest BCUT2D eigenvalue weighted by Crippen LogP contribution is -2.29. The summed E-state index contributed by atoms with van der Waals surface area (Å²) in [7, 11) is -2.97. The van der Waals surface area contributed by atoms with E-state index >= 15 is 0 Å². The highest BCUT2D eigenvalue weighted by molar-refractivity contribution is 8.02. The summed E-state index contributed by atoms with van der Waals surface area (Å²) in [5, 5.41) is 2.57. The van der Waals surface area contributed by atoms with Gasteiger partial charge in [-0.2, -0.15) is 0 Å². The third-order valence-electron chi connectivity index (χ3n) is 3.50. The molecule has 1 amide bonds. The molecule has 1 fully saturated rings. The van der Waals surface area contributed by atoms with Gasteiger partial charge in [0.25, 0.3) is 5.91 Å². The molecule has 0 aliphatic carbocycles. The van der Waals surface area contributed by atoms with Crippen molar-refractivity contribution in [3.63, 3.8) is 0 Å². The van der Waals surface area contributed by atoms with Crippen LogP contribution in [0.5, 0.6) is 0 Å². The second-order valence-corrected chi connectivity index (χ2v) is 9.14. The van der Waals surface area contributed by atoms with E-state index in [1.807, 2.05) is 6.92 Å². The molecule has 1 N–H and O–H groups in total. The van der Waals surface area contributed by atoms with E-state index in [9.17, 15) is 18.0 Å². The molecule has 0 radical (unpaired) electrons. The molecule has 8 heteroatoms. The largest absolute Gasteiger partial charge is 0.452 e. The zero-order valence-electron chi connectivity index (χ0n) is 13.5.